The molecule has 6 heteroatoms. The van der Waals surface area contributed by atoms with Crippen LogP contribution in [0, 0.1) is 0 Å². The summed E-state index contributed by atoms with van der Waals surface area (Å²) in [4.78, 5) is 23.9. The molecule has 0 spiro atoms. The third-order valence-electron chi connectivity index (χ3n) is 4.27. The van der Waals surface area contributed by atoms with Gasteiger partial charge in [0.05, 0.1) is 19.9 Å². The molecule has 2 aromatic rings. The Morgan fingerprint density at radius 2 is 1.57 bits per heavy atom. The van der Waals surface area contributed by atoms with Gasteiger partial charge in [-0.3, -0.25) is 9.59 Å². The van der Waals surface area contributed by atoms with Crippen molar-refractivity contribution in [2.45, 2.75) is 33.1 Å². The van der Waals surface area contributed by atoms with Crippen LogP contribution >= 0.6 is 0 Å². The molecule has 0 saturated carbocycles. The molecule has 0 fully saturated rings. The van der Waals surface area contributed by atoms with Crippen LogP contribution in [0.2, 0.25) is 0 Å². The zero-order valence-corrected chi connectivity index (χ0v) is 17.2. The number of nitrogens with one attached hydrogen (secondary N) is 1. The van der Waals surface area contributed by atoms with Gasteiger partial charge < -0.3 is 19.5 Å². The molecular weight excluding hydrogens is 358 g/mol. The van der Waals surface area contributed by atoms with Crippen LogP contribution < -0.4 is 19.5 Å². The fourth-order valence-corrected chi connectivity index (χ4v) is 2.61. The molecule has 1 N–H and O–H groups in total. The average Bonchev–Trinajstić information content (AvgIpc) is 2.65. The monoisotopic (exact) mass is 385 g/mol. The van der Waals surface area contributed by atoms with E-state index in [2.05, 4.69) is 26.1 Å². The minimum Gasteiger partial charge on any atom is -0.495 e. The van der Waals surface area contributed by atoms with Crippen LogP contribution in [0.5, 0.6) is 17.2 Å². The molecule has 1 amide bonds. The topological polar surface area (TPSA) is 73.9 Å². The van der Waals surface area contributed by atoms with Crippen LogP contribution in [-0.4, -0.2) is 32.5 Å². The molecule has 28 heavy (non-hydrogen) atoms. The number of anilines is 1. The SMILES string of the molecule is COc1ccc(C(C)(C)C)cc1NC(=O)COc1ccc(C(C)=O)cc1OC. The van der Waals surface area contributed by atoms with Crippen molar-refractivity contribution >= 4 is 17.4 Å². The molecule has 0 saturated heterocycles. The first kappa shape index (κ1) is 21.3. The van der Waals surface area contributed by atoms with E-state index in [0.29, 0.717) is 28.5 Å². The predicted octanol–water partition coefficient (Wildman–Crippen LogP) is 4.22. The van der Waals surface area contributed by atoms with Gasteiger partial charge >= 0.3 is 0 Å². The van der Waals surface area contributed by atoms with E-state index in [4.69, 9.17) is 14.2 Å². The number of carbonyl (C=O) groups is 2. The number of hydrogen-bond donors (Lipinski definition) is 1. The number of benzene rings is 2. The van der Waals surface area contributed by atoms with Gasteiger partial charge in [0.15, 0.2) is 23.9 Å². The summed E-state index contributed by atoms with van der Waals surface area (Å²) < 4.78 is 16.2. The second-order valence-corrected chi connectivity index (χ2v) is 7.42. The predicted molar refractivity (Wildman–Crippen MR) is 109 cm³/mol. The van der Waals surface area contributed by atoms with Crippen LogP contribution in [0.25, 0.3) is 0 Å². The first-order valence-corrected chi connectivity index (χ1v) is 8.96. The van der Waals surface area contributed by atoms with E-state index >= 15 is 0 Å². The summed E-state index contributed by atoms with van der Waals surface area (Å²) in [6, 6.07) is 10.6. The first-order chi connectivity index (χ1) is 13.2. The maximum Gasteiger partial charge on any atom is 0.262 e. The van der Waals surface area contributed by atoms with Gasteiger partial charge in [-0.15, -0.1) is 0 Å². The van der Waals surface area contributed by atoms with E-state index in [9.17, 15) is 9.59 Å². The number of ether oxygens (including phenoxy) is 3. The van der Waals surface area contributed by atoms with Gasteiger partial charge in [0.25, 0.3) is 5.91 Å². The number of ketones is 1. The highest BCUT2D eigenvalue weighted by molar-refractivity contribution is 5.95. The Morgan fingerprint density at radius 3 is 2.14 bits per heavy atom. The van der Waals surface area contributed by atoms with E-state index in [1.165, 1.54) is 14.0 Å². The minimum atomic E-state index is -0.331. The zero-order chi connectivity index (χ0) is 20.9. The molecule has 0 heterocycles. The molecule has 0 radical (unpaired) electrons. The highest BCUT2D eigenvalue weighted by atomic mass is 16.5. The number of Topliss-reactive ketones (excluding diaryl/α,β-unsaturated/α-hetero) is 1. The second-order valence-electron chi connectivity index (χ2n) is 7.42. The molecule has 0 aliphatic rings. The van der Waals surface area contributed by atoms with Gasteiger partial charge in [0, 0.05) is 5.56 Å². The standard InChI is InChI=1S/C22H27NO5/c1-14(24)15-7-9-19(20(11-15)27-6)28-13-21(25)23-17-12-16(22(2,3)4)8-10-18(17)26-5/h7-12H,13H2,1-6H3,(H,23,25). The maximum absolute atomic E-state index is 12.4. The van der Waals surface area contributed by atoms with Crippen molar-refractivity contribution in [3.05, 3.63) is 47.5 Å². The fourth-order valence-electron chi connectivity index (χ4n) is 2.61. The molecule has 0 aromatic heterocycles. The van der Waals surface area contributed by atoms with Crippen LogP contribution in [0.1, 0.15) is 43.6 Å². The van der Waals surface area contributed by atoms with E-state index in [1.807, 2.05) is 18.2 Å². The Balaban J connectivity index is 2.12. The summed E-state index contributed by atoms with van der Waals surface area (Å²) in [5.74, 6) is 0.950. The molecule has 0 bridgehead atoms. The Morgan fingerprint density at radius 1 is 0.929 bits per heavy atom. The van der Waals surface area contributed by atoms with E-state index in [0.717, 1.165) is 5.56 Å². The molecule has 0 atom stereocenters. The molecule has 6 nitrogen and oxygen atoms in total. The normalized spacial score (nSPS) is 10.9. The minimum absolute atomic E-state index is 0.0614. The van der Waals surface area contributed by atoms with Crippen LogP contribution in [0.15, 0.2) is 36.4 Å². The highest BCUT2D eigenvalue weighted by Crippen LogP contribution is 2.32. The average molecular weight is 385 g/mol. The molecule has 2 rings (SSSR count). The van der Waals surface area contributed by atoms with Crippen molar-refractivity contribution in [2.24, 2.45) is 0 Å². The lowest BCUT2D eigenvalue weighted by Crippen LogP contribution is -2.21. The molecule has 0 unspecified atom stereocenters. The van der Waals surface area contributed by atoms with Crippen molar-refractivity contribution in [3.63, 3.8) is 0 Å². The molecule has 150 valence electrons. The Labute approximate surface area is 165 Å². The van der Waals surface area contributed by atoms with Crippen molar-refractivity contribution < 1.29 is 23.8 Å². The van der Waals surface area contributed by atoms with E-state index in [1.54, 1.807) is 25.3 Å². The van der Waals surface area contributed by atoms with Gasteiger partial charge in [0.1, 0.15) is 5.75 Å². The number of rotatable bonds is 7. The van der Waals surface area contributed by atoms with Crippen LogP contribution in [0.4, 0.5) is 5.69 Å². The van der Waals surface area contributed by atoms with Crippen molar-refractivity contribution in [3.8, 4) is 17.2 Å². The summed E-state index contributed by atoms with van der Waals surface area (Å²) in [5, 5.41) is 2.83. The number of amides is 1. The lowest BCUT2D eigenvalue weighted by molar-refractivity contribution is -0.118. The Bertz CT molecular complexity index is 868. The molecule has 0 aliphatic carbocycles. The third kappa shape index (κ3) is 5.25. The third-order valence-corrected chi connectivity index (χ3v) is 4.27. The molecule has 2 aromatic carbocycles. The summed E-state index contributed by atoms with van der Waals surface area (Å²) in [6.07, 6.45) is 0. The summed E-state index contributed by atoms with van der Waals surface area (Å²) in [7, 11) is 3.04. The van der Waals surface area contributed by atoms with Gasteiger partial charge in [0.2, 0.25) is 0 Å². The van der Waals surface area contributed by atoms with E-state index < -0.39 is 0 Å². The quantitative estimate of drug-likeness (QED) is 0.723. The Kier molecular flexibility index (Phi) is 6.67. The largest absolute Gasteiger partial charge is 0.495 e. The van der Waals surface area contributed by atoms with E-state index in [-0.39, 0.29) is 23.7 Å². The van der Waals surface area contributed by atoms with Crippen molar-refractivity contribution in [2.75, 3.05) is 26.1 Å². The summed E-state index contributed by atoms with van der Waals surface area (Å²) in [6.45, 7) is 7.56. The van der Waals surface area contributed by atoms with Gasteiger partial charge in [-0.05, 0) is 48.2 Å². The van der Waals surface area contributed by atoms with Crippen molar-refractivity contribution in [1.29, 1.82) is 0 Å². The first-order valence-electron chi connectivity index (χ1n) is 8.96. The van der Waals surface area contributed by atoms with Gasteiger partial charge in [-0.2, -0.15) is 0 Å². The summed E-state index contributed by atoms with van der Waals surface area (Å²) in [5.41, 5.74) is 2.11. The number of methoxy groups -OCH3 is 2. The maximum atomic E-state index is 12.4. The lowest BCUT2D eigenvalue weighted by Gasteiger charge is -2.21. The summed E-state index contributed by atoms with van der Waals surface area (Å²) >= 11 is 0. The number of hydrogen-bond acceptors (Lipinski definition) is 5. The second kappa shape index (κ2) is 8.78. The van der Waals surface area contributed by atoms with Crippen LogP contribution in [-0.2, 0) is 10.2 Å². The van der Waals surface area contributed by atoms with Crippen LogP contribution in [0.3, 0.4) is 0 Å². The van der Waals surface area contributed by atoms with Gasteiger partial charge in [-0.25, -0.2) is 0 Å². The molecular formula is C22H27NO5. The zero-order valence-electron chi connectivity index (χ0n) is 17.2. The lowest BCUT2D eigenvalue weighted by atomic mass is 9.87. The fraction of sp³-hybridized carbons (Fsp3) is 0.364. The highest BCUT2D eigenvalue weighted by Gasteiger charge is 2.17. The smallest absolute Gasteiger partial charge is 0.262 e. The molecule has 0 aliphatic heterocycles. The number of carbonyl (C=O) groups excluding carboxylic acids is 2. The Hall–Kier alpha value is -3.02. The van der Waals surface area contributed by atoms with Crippen molar-refractivity contribution in [1.82, 2.24) is 0 Å². The van der Waals surface area contributed by atoms with Gasteiger partial charge in [-0.1, -0.05) is 26.8 Å².